The Morgan fingerprint density at radius 1 is 1.18 bits per heavy atom. The van der Waals surface area contributed by atoms with Crippen molar-refractivity contribution in [3.8, 4) is 0 Å². The van der Waals surface area contributed by atoms with E-state index in [0.717, 1.165) is 0 Å². The first-order valence-corrected chi connectivity index (χ1v) is 2.39. The minimum absolute atomic E-state index is 0.546. The molecule has 11 heavy (non-hydrogen) atoms. The fourth-order valence-corrected chi connectivity index (χ4v) is 0.288. The van der Waals surface area contributed by atoms with E-state index in [1.165, 1.54) is 0 Å². The second-order valence-electron chi connectivity index (χ2n) is 1.71. The maximum atomic E-state index is 11.8. The molecule has 0 aliphatic heterocycles. The van der Waals surface area contributed by atoms with E-state index in [4.69, 9.17) is 5.11 Å². The van der Waals surface area contributed by atoms with E-state index < -0.39 is 18.4 Å². The number of ether oxygens (including phenoxy) is 1. The van der Waals surface area contributed by atoms with Crippen molar-refractivity contribution in [1.82, 2.24) is 0 Å². The molecule has 0 aromatic carbocycles. The lowest BCUT2D eigenvalue weighted by atomic mass is 10.3. The quantitative estimate of drug-likeness (QED) is 0.510. The summed E-state index contributed by atoms with van der Waals surface area (Å²) < 4.78 is 60.9. The topological polar surface area (TPSA) is 29.5 Å². The highest BCUT2D eigenvalue weighted by atomic mass is 19.4. The predicted molar refractivity (Wildman–Crippen MR) is 24.0 cm³/mol. The van der Waals surface area contributed by atoms with Crippen LogP contribution >= 0.6 is 0 Å². The van der Waals surface area contributed by atoms with Crippen LogP contribution in [-0.2, 0) is 4.74 Å². The molecule has 1 atom stereocenters. The van der Waals surface area contributed by atoms with Crippen molar-refractivity contribution in [3.05, 3.63) is 0 Å². The first-order valence-electron chi connectivity index (χ1n) is 2.39. The van der Waals surface area contributed by atoms with E-state index in [1.54, 1.807) is 0 Å². The molecule has 2 nitrogen and oxygen atoms in total. The molecule has 0 fully saturated rings. The van der Waals surface area contributed by atoms with Gasteiger partial charge in [0.1, 0.15) is 0 Å². The van der Waals surface area contributed by atoms with E-state index in [2.05, 4.69) is 4.74 Å². The number of hydrogen-bond donors (Lipinski definition) is 1. The van der Waals surface area contributed by atoms with Gasteiger partial charge in [0.15, 0.2) is 0 Å². The molecule has 0 rings (SSSR count). The Morgan fingerprint density at radius 3 is 1.64 bits per heavy atom. The second kappa shape index (κ2) is 2.90. The fourth-order valence-electron chi connectivity index (χ4n) is 0.288. The third-order valence-corrected chi connectivity index (χ3v) is 0.911. The second-order valence-corrected chi connectivity index (χ2v) is 1.71. The molecule has 0 saturated heterocycles. The molecule has 0 bridgehead atoms. The first kappa shape index (κ1) is 10.6. The van der Waals surface area contributed by atoms with Crippen molar-refractivity contribution in [2.75, 3.05) is 7.11 Å². The van der Waals surface area contributed by atoms with Gasteiger partial charge in [-0.1, -0.05) is 0 Å². The van der Waals surface area contributed by atoms with Crippen LogP contribution in [0, 0.1) is 0 Å². The summed E-state index contributed by atoms with van der Waals surface area (Å²) in [6, 6.07) is 0. The number of aliphatic hydroxyl groups excluding tert-OH is 1. The number of methoxy groups -OCH3 is 1. The van der Waals surface area contributed by atoms with Crippen molar-refractivity contribution in [3.63, 3.8) is 0 Å². The molecule has 0 amide bonds. The number of alkyl halides is 5. The van der Waals surface area contributed by atoms with Gasteiger partial charge in [-0.25, -0.2) is 0 Å². The van der Waals surface area contributed by atoms with Crippen LogP contribution < -0.4 is 0 Å². The van der Waals surface area contributed by atoms with Crippen LogP contribution in [0.4, 0.5) is 22.0 Å². The summed E-state index contributed by atoms with van der Waals surface area (Å²) in [6.07, 6.45) is -8.94. The van der Waals surface area contributed by atoms with Crippen LogP contribution in [0.5, 0.6) is 0 Å². The molecular weight excluding hydrogens is 175 g/mol. The Hall–Kier alpha value is -0.430. The fraction of sp³-hybridized carbons (Fsp3) is 1.00. The Balaban J connectivity index is 4.45. The maximum absolute atomic E-state index is 11.8. The zero-order valence-corrected chi connectivity index (χ0v) is 5.32. The summed E-state index contributed by atoms with van der Waals surface area (Å²) in [5, 5.41) is 8.03. The molecule has 7 heteroatoms. The molecule has 0 heterocycles. The lowest BCUT2D eigenvalue weighted by Crippen LogP contribution is -2.47. The van der Waals surface area contributed by atoms with Crippen molar-refractivity contribution in [1.29, 1.82) is 0 Å². The normalized spacial score (nSPS) is 16.6. The molecule has 1 N–H and O–H groups in total. The molecule has 0 spiro atoms. The highest BCUT2D eigenvalue weighted by molar-refractivity contribution is 4.78. The van der Waals surface area contributed by atoms with Crippen molar-refractivity contribution in [2.24, 2.45) is 0 Å². The van der Waals surface area contributed by atoms with Gasteiger partial charge in [0, 0.05) is 7.11 Å². The molecule has 0 radical (unpaired) electrons. The van der Waals surface area contributed by atoms with E-state index >= 15 is 0 Å². The summed E-state index contributed by atoms with van der Waals surface area (Å²) in [4.78, 5) is 0. The Kier molecular flexibility index (Phi) is 2.79. The summed E-state index contributed by atoms with van der Waals surface area (Å²) in [7, 11) is 0.546. The number of hydrogen-bond acceptors (Lipinski definition) is 2. The van der Waals surface area contributed by atoms with Gasteiger partial charge in [-0.15, -0.1) is 0 Å². The molecule has 0 unspecified atom stereocenters. The SMILES string of the molecule is CO[C@@H](O)C(F)(F)C(F)(F)F. The van der Waals surface area contributed by atoms with Gasteiger partial charge < -0.3 is 9.84 Å². The van der Waals surface area contributed by atoms with Gasteiger partial charge >= 0.3 is 12.1 Å². The summed E-state index contributed by atoms with van der Waals surface area (Å²) >= 11 is 0. The highest BCUT2D eigenvalue weighted by Gasteiger charge is 2.63. The highest BCUT2D eigenvalue weighted by Crippen LogP contribution is 2.38. The van der Waals surface area contributed by atoms with Crippen LogP contribution in [0.25, 0.3) is 0 Å². The van der Waals surface area contributed by atoms with Gasteiger partial charge in [0.25, 0.3) is 0 Å². The summed E-state index contributed by atoms with van der Waals surface area (Å²) in [5.41, 5.74) is 0. The van der Waals surface area contributed by atoms with E-state index in [9.17, 15) is 22.0 Å². The van der Waals surface area contributed by atoms with Crippen LogP contribution in [0.3, 0.4) is 0 Å². The summed E-state index contributed by atoms with van der Waals surface area (Å²) in [6.45, 7) is 0. The molecule has 68 valence electrons. The smallest absolute Gasteiger partial charge is 0.363 e. The molecule has 0 aromatic rings. The third-order valence-electron chi connectivity index (χ3n) is 0.911. The maximum Gasteiger partial charge on any atom is 0.458 e. The van der Waals surface area contributed by atoms with Crippen molar-refractivity contribution < 1.29 is 31.8 Å². The molecule has 0 aromatic heterocycles. The minimum atomic E-state index is -5.79. The number of aliphatic hydroxyl groups is 1. The molecule has 0 aliphatic rings. The van der Waals surface area contributed by atoms with E-state index in [-0.39, 0.29) is 0 Å². The average Bonchev–Trinajstić information content (AvgIpc) is 1.83. The zero-order valence-electron chi connectivity index (χ0n) is 5.32. The largest absolute Gasteiger partial charge is 0.458 e. The molecular formula is C4H5F5O2. The van der Waals surface area contributed by atoms with Gasteiger partial charge in [-0.3, -0.25) is 0 Å². The number of rotatable bonds is 2. The Bertz CT molecular complexity index is 131. The van der Waals surface area contributed by atoms with Crippen LogP contribution in [0.2, 0.25) is 0 Å². The monoisotopic (exact) mass is 180 g/mol. The van der Waals surface area contributed by atoms with Gasteiger partial charge in [0.05, 0.1) is 0 Å². The lowest BCUT2D eigenvalue weighted by Gasteiger charge is -2.22. The first-order chi connectivity index (χ1) is 4.73. The number of halogens is 5. The summed E-state index contributed by atoms with van der Waals surface area (Å²) in [5.74, 6) is -5.22. The lowest BCUT2D eigenvalue weighted by molar-refractivity contribution is -0.352. The van der Waals surface area contributed by atoms with E-state index in [0.29, 0.717) is 7.11 Å². The van der Waals surface area contributed by atoms with Gasteiger partial charge in [-0.2, -0.15) is 22.0 Å². The Morgan fingerprint density at radius 2 is 1.55 bits per heavy atom. The zero-order chi connectivity index (χ0) is 9.28. The average molecular weight is 180 g/mol. The molecule has 0 saturated carbocycles. The minimum Gasteiger partial charge on any atom is -0.363 e. The van der Waals surface area contributed by atoms with Gasteiger partial charge in [-0.05, 0) is 0 Å². The standard InChI is InChI=1S/C4H5F5O2/c1-11-2(10)3(5,6)4(7,8)9/h2,10H,1H3/t2-/m1/s1. The van der Waals surface area contributed by atoms with Gasteiger partial charge in [0.2, 0.25) is 6.29 Å². The van der Waals surface area contributed by atoms with Crippen molar-refractivity contribution in [2.45, 2.75) is 18.4 Å². The third kappa shape index (κ3) is 2.00. The van der Waals surface area contributed by atoms with Crippen molar-refractivity contribution >= 4 is 0 Å². The van der Waals surface area contributed by atoms with Crippen LogP contribution in [0.1, 0.15) is 0 Å². The van der Waals surface area contributed by atoms with Crippen LogP contribution in [0.15, 0.2) is 0 Å². The predicted octanol–water partition coefficient (Wildman–Crippen LogP) is 1.15. The Labute approximate surface area is 58.6 Å². The van der Waals surface area contributed by atoms with Crippen LogP contribution in [-0.4, -0.2) is 30.6 Å². The van der Waals surface area contributed by atoms with E-state index in [1.807, 2.05) is 0 Å². The molecule has 0 aliphatic carbocycles.